The topological polar surface area (TPSA) is 77.1 Å². The summed E-state index contributed by atoms with van der Waals surface area (Å²) < 4.78 is 5.72. The number of nitrogens with one attached hydrogen (secondary N) is 1. The number of likely N-dealkylation sites (tertiary alicyclic amines) is 2. The first kappa shape index (κ1) is 20.1. The van der Waals surface area contributed by atoms with E-state index in [4.69, 9.17) is 9.41 Å². The molecule has 2 saturated heterocycles. The number of aliphatic hydroxyl groups is 1. The van der Waals surface area contributed by atoms with Gasteiger partial charge in [0, 0.05) is 26.2 Å². The van der Waals surface area contributed by atoms with Crippen LogP contribution in [0.5, 0.6) is 0 Å². The van der Waals surface area contributed by atoms with Crippen molar-refractivity contribution < 1.29 is 9.52 Å². The number of oxazole rings is 1. The van der Waals surface area contributed by atoms with E-state index in [0.29, 0.717) is 5.92 Å². The second kappa shape index (κ2) is 9.55. The Balaban J connectivity index is 1.46. The van der Waals surface area contributed by atoms with Crippen molar-refractivity contribution in [2.75, 3.05) is 39.3 Å². The van der Waals surface area contributed by atoms with Crippen LogP contribution >= 0.6 is 0 Å². The Bertz CT molecular complexity index is 594. The minimum Gasteiger partial charge on any atom is -0.444 e. The van der Waals surface area contributed by atoms with E-state index in [1.807, 2.05) is 13.8 Å². The zero-order chi connectivity index (χ0) is 19.2. The summed E-state index contributed by atoms with van der Waals surface area (Å²) in [7, 11) is 0. The van der Waals surface area contributed by atoms with Crippen LogP contribution in [0.25, 0.3) is 0 Å². The SMILES string of the molecule is CCNC(=NCC1CCN(Cc2nc(C)c(C)o2)CC1)N1CCC(O)CC1. The zero-order valence-corrected chi connectivity index (χ0v) is 17.1. The van der Waals surface area contributed by atoms with Gasteiger partial charge >= 0.3 is 0 Å². The van der Waals surface area contributed by atoms with E-state index < -0.39 is 0 Å². The maximum Gasteiger partial charge on any atom is 0.208 e. The molecule has 3 rings (SSSR count). The zero-order valence-electron chi connectivity index (χ0n) is 17.1. The second-order valence-corrected chi connectivity index (χ2v) is 7.88. The summed E-state index contributed by atoms with van der Waals surface area (Å²) >= 11 is 0. The van der Waals surface area contributed by atoms with Crippen LogP contribution in [0.3, 0.4) is 0 Å². The van der Waals surface area contributed by atoms with Crippen LogP contribution in [-0.2, 0) is 6.54 Å². The molecule has 0 bridgehead atoms. The van der Waals surface area contributed by atoms with Crippen LogP contribution in [0.4, 0.5) is 0 Å². The van der Waals surface area contributed by atoms with Crippen LogP contribution in [0.1, 0.15) is 50.0 Å². The van der Waals surface area contributed by atoms with E-state index in [0.717, 1.165) is 82.0 Å². The van der Waals surface area contributed by atoms with Gasteiger partial charge in [-0.1, -0.05) is 0 Å². The lowest BCUT2D eigenvalue weighted by Crippen LogP contribution is -2.47. The summed E-state index contributed by atoms with van der Waals surface area (Å²) in [6.07, 6.45) is 3.86. The van der Waals surface area contributed by atoms with Crippen LogP contribution < -0.4 is 5.32 Å². The highest BCUT2D eigenvalue weighted by atomic mass is 16.4. The van der Waals surface area contributed by atoms with E-state index >= 15 is 0 Å². The van der Waals surface area contributed by atoms with Crippen molar-refractivity contribution in [3.8, 4) is 0 Å². The number of aliphatic hydroxyl groups excluding tert-OH is 1. The predicted molar refractivity (Wildman–Crippen MR) is 107 cm³/mol. The highest BCUT2D eigenvalue weighted by Gasteiger charge is 2.23. The van der Waals surface area contributed by atoms with E-state index in [2.05, 4.69) is 27.0 Å². The smallest absolute Gasteiger partial charge is 0.208 e. The summed E-state index contributed by atoms with van der Waals surface area (Å²) in [4.78, 5) is 14.1. The van der Waals surface area contributed by atoms with Gasteiger partial charge in [0.1, 0.15) is 5.76 Å². The van der Waals surface area contributed by atoms with Gasteiger partial charge in [0.05, 0.1) is 18.3 Å². The normalized spacial score (nSPS) is 21.0. The van der Waals surface area contributed by atoms with Crippen molar-refractivity contribution in [1.29, 1.82) is 0 Å². The average molecular weight is 378 g/mol. The quantitative estimate of drug-likeness (QED) is 0.603. The van der Waals surface area contributed by atoms with Crippen LogP contribution in [0, 0.1) is 19.8 Å². The molecule has 0 spiro atoms. The number of aromatic nitrogens is 1. The fourth-order valence-electron chi connectivity index (χ4n) is 3.84. The number of nitrogens with zero attached hydrogens (tertiary/aromatic N) is 4. The molecule has 2 N–H and O–H groups in total. The molecule has 2 aliphatic heterocycles. The van der Waals surface area contributed by atoms with E-state index in [1.165, 1.54) is 12.8 Å². The Morgan fingerprint density at radius 2 is 1.89 bits per heavy atom. The van der Waals surface area contributed by atoms with Gasteiger partial charge < -0.3 is 19.7 Å². The summed E-state index contributed by atoms with van der Waals surface area (Å²) in [6.45, 7) is 12.6. The van der Waals surface area contributed by atoms with Gasteiger partial charge in [0.2, 0.25) is 5.89 Å². The number of hydrogen-bond acceptors (Lipinski definition) is 5. The number of piperidine rings is 2. The van der Waals surface area contributed by atoms with Crippen LogP contribution in [0.2, 0.25) is 0 Å². The maximum absolute atomic E-state index is 9.72. The van der Waals surface area contributed by atoms with Gasteiger partial charge in [-0.15, -0.1) is 0 Å². The first-order chi connectivity index (χ1) is 13.0. The predicted octanol–water partition coefficient (Wildman–Crippen LogP) is 1.93. The Kier molecular flexibility index (Phi) is 7.13. The highest BCUT2D eigenvalue weighted by Crippen LogP contribution is 2.20. The largest absolute Gasteiger partial charge is 0.444 e. The molecule has 1 aromatic rings. The molecule has 2 aliphatic rings. The fraction of sp³-hybridized carbons (Fsp3) is 0.800. The Labute approximate surface area is 162 Å². The molecule has 2 fully saturated rings. The van der Waals surface area contributed by atoms with Crippen LogP contribution in [0.15, 0.2) is 9.41 Å². The second-order valence-electron chi connectivity index (χ2n) is 7.88. The van der Waals surface area contributed by atoms with Crippen molar-refractivity contribution in [3.63, 3.8) is 0 Å². The van der Waals surface area contributed by atoms with Gasteiger partial charge in [-0.3, -0.25) is 9.89 Å². The molecule has 3 heterocycles. The number of aryl methyl sites for hydroxylation is 2. The van der Waals surface area contributed by atoms with Gasteiger partial charge in [-0.25, -0.2) is 4.98 Å². The maximum atomic E-state index is 9.72. The van der Waals surface area contributed by atoms with Gasteiger partial charge in [0.25, 0.3) is 0 Å². The standard InChI is InChI=1S/C20H35N5O2/c1-4-21-20(25-11-7-18(26)8-12-25)22-13-17-5-9-24(10-6-17)14-19-23-15(2)16(3)27-19/h17-18,26H,4-14H2,1-3H3,(H,21,22). The Morgan fingerprint density at radius 3 is 2.48 bits per heavy atom. The molecule has 0 saturated carbocycles. The number of guanidine groups is 1. The minimum absolute atomic E-state index is 0.148. The summed E-state index contributed by atoms with van der Waals surface area (Å²) in [5.41, 5.74) is 0.996. The molecule has 27 heavy (non-hydrogen) atoms. The van der Waals surface area contributed by atoms with Gasteiger partial charge in [0.15, 0.2) is 5.96 Å². The summed E-state index contributed by atoms with van der Waals surface area (Å²) in [6, 6.07) is 0. The van der Waals surface area contributed by atoms with Crippen molar-refractivity contribution >= 4 is 5.96 Å². The fourth-order valence-corrected chi connectivity index (χ4v) is 3.84. The van der Waals surface area contributed by atoms with E-state index in [-0.39, 0.29) is 6.10 Å². The molecular formula is C20H35N5O2. The molecule has 152 valence electrons. The van der Waals surface area contributed by atoms with Gasteiger partial charge in [-0.2, -0.15) is 0 Å². The first-order valence-electron chi connectivity index (χ1n) is 10.4. The van der Waals surface area contributed by atoms with E-state index in [9.17, 15) is 5.11 Å². The molecule has 0 atom stereocenters. The summed E-state index contributed by atoms with van der Waals surface area (Å²) in [5, 5.41) is 13.1. The lowest BCUT2D eigenvalue weighted by atomic mass is 9.97. The molecule has 0 aromatic carbocycles. The molecule has 1 aromatic heterocycles. The Hall–Kier alpha value is -1.60. The Morgan fingerprint density at radius 1 is 1.19 bits per heavy atom. The van der Waals surface area contributed by atoms with Crippen LogP contribution in [-0.4, -0.2) is 71.2 Å². The molecular weight excluding hydrogens is 342 g/mol. The highest BCUT2D eigenvalue weighted by molar-refractivity contribution is 5.80. The molecule has 7 heteroatoms. The lowest BCUT2D eigenvalue weighted by Gasteiger charge is -2.33. The molecule has 7 nitrogen and oxygen atoms in total. The number of hydrogen-bond donors (Lipinski definition) is 2. The average Bonchev–Trinajstić information content (AvgIpc) is 2.98. The monoisotopic (exact) mass is 377 g/mol. The van der Waals surface area contributed by atoms with Crippen molar-refractivity contribution in [2.24, 2.45) is 10.9 Å². The lowest BCUT2D eigenvalue weighted by molar-refractivity contribution is 0.108. The molecule has 0 radical (unpaired) electrons. The van der Waals surface area contributed by atoms with Gasteiger partial charge in [-0.05, 0) is 65.5 Å². The number of aliphatic imine (C=N–C) groups is 1. The summed E-state index contributed by atoms with van der Waals surface area (Å²) in [5.74, 6) is 3.41. The number of rotatable bonds is 5. The van der Waals surface area contributed by atoms with Crippen molar-refractivity contribution in [2.45, 2.75) is 59.1 Å². The first-order valence-corrected chi connectivity index (χ1v) is 10.4. The molecule has 0 unspecified atom stereocenters. The minimum atomic E-state index is -0.148. The van der Waals surface area contributed by atoms with E-state index in [1.54, 1.807) is 0 Å². The molecule has 0 aliphatic carbocycles. The third-order valence-electron chi connectivity index (χ3n) is 5.74. The third kappa shape index (κ3) is 5.69. The van der Waals surface area contributed by atoms with Crippen molar-refractivity contribution in [3.05, 3.63) is 17.3 Å². The van der Waals surface area contributed by atoms with Crippen molar-refractivity contribution in [1.82, 2.24) is 20.1 Å². The molecule has 0 amide bonds. The third-order valence-corrected chi connectivity index (χ3v) is 5.74.